The maximum Gasteiger partial charge on any atom is 0.0966 e. The van der Waals surface area contributed by atoms with E-state index in [1.54, 1.807) is 0 Å². The number of nitrogens with two attached hydrogens (primary N) is 1. The number of rotatable bonds is 5. The second-order valence-electron chi connectivity index (χ2n) is 6.09. The van der Waals surface area contributed by atoms with Crippen LogP contribution in [0.1, 0.15) is 45.4 Å². The minimum atomic E-state index is -0.0505. The maximum absolute atomic E-state index is 7.65. The molecule has 0 radical (unpaired) electrons. The van der Waals surface area contributed by atoms with Gasteiger partial charge in [-0.25, -0.2) is 0 Å². The van der Waals surface area contributed by atoms with Gasteiger partial charge in [0.15, 0.2) is 0 Å². The van der Waals surface area contributed by atoms with Gasteiger partial charge >= 0.3 is 0 Å². The summed E-state index contributed by atoms with van der Waals surface area (Å²) in [6.45, 7) is 6.43. The molecule has 4 heteroatoms. The highest BCUT2D eigenvalue weighted by atomic mass is 16.5. The number of nitrogens with zero attached hydrogens (tertiary/aromatic N) is 1. The van der Waals surface area contributed by atoms with Gasteiger partial charge in [-0.2, -0.15) is 0 Å². The molecule has 0 amide bonds. The number of likely N-dealkylation sites (tertiary alicyclic amines) is 1. The van der Waals surface area contributed by atoms with Crippen molar-refractivity contribution in [2.75, 3.05) is 26.2 Å². The van der Waals surface area contributed by atoms with Gasteiger partial charge in [-0.05, 0) is 58.2 Å². The summed E-state index contributed by atoms with van der Waals surface area (Å²) in [5.41, 5.74) is 5.63. The third-order valence-electron chi connectivity index (χ3n) is 4.63. The van der Waals surface area contributed by atoms with Crippen LogP contribution in [0.5, 0.6) is 0 Å². The molecule has 2 rings (SSSR count). The second kappa shape index (κ2) is 6.02. The molecule has 1 unspecified atom stereocenters. The van der Waals surface area contributed by atoms with Gasteiger partial charge < -0.3 is 15.4 Å². The van der Waals surface area contributed by atoms with Crippen LogP contribution in [-0.4, -0.2) is 43.1 Å². The van der Waals surface area contributed by atoms with Gasteiger partial charge in [0.1, 0.15) is 0 Å². The Bertz CT molecular complexity index is 279. The number of hydrogen-bond donors (Lipinski definition) is 2. The Morgan fingerprint density at radius 2 is 2.17 bits per heavy atom. The molecule has 0 bridgehead atoms. The van der Waals surface area contributed by atoms with Gasteiger partial charge in [-0.3, -0.25) is 5.41 Å². The van der Waals surface area contributed by atoms with Crippen molar-refractivity contribution in [2.24, 2.45) is 11.1 Å². The Morgan fingerprint density at radius 1 is 1.44 bits per heavy atom. The highest BCUT2D eigenvalue weighted by molar-refractivity contribution is 5.83. The first-order chi connectivity index (χ1) is 8.60. The van der Waals surface area contributed by atoms with Crippen molar-refractivity contribution in [2.45, 2.75) is 51.6 Å². The first-order valence-electron chi connectivity index (χ1n) is 7.29. The van der Waals surface area contributed by atoms with E-state index in [0.29, 0.717) is 11.9 Å². The zero-order valence-electron chi connectivity index (χ0n) is 11.6. The van der Waals surface area contributed by atoms with E-state index in [-0.39, 0.29) is 5.41 Å². The van der Waals surface area contributed by atoms with Crippen LogP contribution < -0.4 is 5.73 Å². The molecule has 2 fully saturated rings. The van der Waals surface area contributed by atoms with Gasteiger partial charge in [0, 0.05) is 12.0 Å². The number of ether oxygens (including phenoxy) is 1. The van der Waals surface area contributed by atoms with Crippen LogP contribution in [0.3, 0.4) is 0 Å². The van der Waals surface area contributed by atoms with Crippen molar-refractivity contribution in [1.82, 2.24) is 4.90 Å². The van der Waals surface area contributed by atoms with Crippen molar-refractivity contribution >= 4 is 5.84 Å². The van der Waals surface area contributed by atoms with E-state index in [2.05, 4.69) is 11.8 Å². The van der Waals surface area contributed by atoms with Gasteiger partial charge in [0.05, 0.1) is 11.9 Å². The average molecular weight is 253 g/mol. The Labute approximate surface area is 110 Å². The van der Waals surface area contributed by atoms with Crippen LogP contribution in [0.4, 0.5) is 0 Å². The van der Waals surface area contributed by atoms with E-state index in [1.165, 1.54) is 32.2 Å². The van der Waals surface area contributed by atoms with Crippen molar-refractivity contribution < 1.29 is 4.74 Å². The normalized spacial score (nSPS) is 28.4. The minimum absolute atomic E-state index is 0.0505. The predicted molar refractivity (Wildman–Crippen MR) is 73.9 cm³/mol. The molecule has 18 heavy (non-hydrogen) atoms. The van der Waals surface area contributed by atoms with Gasteiger partial charge in [0.25, 0.3) is 0 Å². The quantitative estimate of drug-likeness (QED) is 0.582. The lowest BCUT2D eigenvalue weighted by molar-refractivity contribution is 0.0945. The summed E-state index contributed by atoms with van der Waals surface area (Å²) in [4.78, 5) is 2.51. The molecular weight excluding hydrogens is 226 g/mol. The zero-order valence-corrected chi connectivity index (χ0v) is 11.6. The zero-order chi connectivity index (χ0) is 13.0. The lowest BCUT2D eigenvalue weighted by Crippen LogP contribution is -2.45. The molecule has 3 N–H and O–H groups in total. The fourth-order valence-electron chi connectivity index (χ4n) is 2.95. The number of piperidine rings is 1. The molecule has 2 heterocycles. The molecule has 0 aromatic rings. The predicted octanol–water partition coefficient (Wildman–Crippen LogP) is 1.98. The van der Waals surface area contributed by atoms with Crippen molar-refractivity contribution in [3.8, 4) is 0 Å². The van der Waals surface area contributed by atoms with E-state index in [4.69, 9.17) is 15.9 Å². The van der Waals surface area contributed by atoms with E-state index in [1.807, 2.05) is 0 Å². The highest BCUT2D eigenvalue weighted by Crippen LogP contribution is 2.30. The van der Waals surface area contributed by atoms with Crippen LogP contribution in [0.15, 0.2) is 0 Å². The molecule has 2 aliphatic heterocycles. The number of hydrogen-bond acceptors (Lipinski definition) is 3. The third-order valence-corrected chi connectivity index (χ3v) is 4.63. The summed E-state index contributed by atoms with van der Waals surface area (Å²) in [6.07, 6.45) is 7.53. The molecule has 0 aromatic carbocycles. The minimum Gasteiger partial charge on any atom is -0.387 e. The Balaban J connectivity index is 1.63. The van der Waals surface area contributed by atoms with Gasteiger partial charge in [0.2, 0.25) is 0 Å². The van der Waals surface area contributed by atoms with E-state index in [0.717, 1.165) is 32.5 Å². The fraction of sp³-hybridized carbons (Fsp3) is 0.929. The van der Waals surface area contributed by atoms with Crippen LogP contribution in [0.2, 0.25) is 0 Å². The van der Waals surface area contributed by atoms with E-state index < -0.39 is 0 Å². The smallest absolute Gasteiger partial charge is 0.0966 e. The molecule has 0 spiro atoms. The first-order valence-corrected chi connectivity index (χ1v) is 7.29. The maximum atomic E-state index is 7.65. The summed E-state index contributed by atoms with van der Waals surface area (Å²) < 4.78 is 5.64. The molecule has 0 aromatic heterocycles. The average Bonchev–Trinajstić information content (AvgIpc) is 2.85. The topological polar surface area (TPSA) is 62.3 Å². The van der Waals surface area contributed by atoms with E-state index >= 15 is 0 Å². The number of nitrogens with one attached hydrogen (secondary N) is 1. The monoisotopic (exact) mass is 253 g/mol. The van der Waals surface area contributed by atoms with Crippen molar-refractivity contribution in [3.63, 3.8) is 0 Å². The van der Waals surface area contributed by atoms with Crippen molar-refractivity contribution in [1.29, 1.82) is 5.41 Å². The van der Waals surface area contributed by atoms with Gasteiger partial charge in [-0.1, -0.05) is 6.92 Å². The van der Waals surface area contributed by atoms with Crippen LogP contribution in [0, 0.1) is 10.8 Å². The van der Waals surface area contributed by atoms with Gasteiger partial charge in [-0.15, -0.1) is 0 Å². The molecule has 0 saturated carbocycles. The first kappa shape index (κ1) is 13.8. The molecule has 4 nitrogen and oxygen atoms in total. The molecule has 2 aliphatic rings. The highest BCUT2D eigenvalue weighted by Gasteiger charge is 2.32. The third kappa shape index (κ3) is 3.45. The summed E-state index contributed by atoms with van der Waals surface area (Å²) in [5, 5.41) is 7.65. The van der Waals surface area contributed by atoms with Crippen LogP contribution in [-0.2, 0) is 4.74 Å². The second-order valence-corrected chi connectivity index (χ2v) is 6.09. The molecule has 1 atom stereocenters. The summed E-state index contributed by atoms with van der Waals surface area (Å²) in [6, 6.07) is 0. The summed E-state index contributed by atoms with van der Waals surface area (Å²) in [7, 11) is 0. The van der Waals surface area contributed by atoms with Crippen molar-refractivity contribution in [3.05, 3.63) is 0 Å². The number of amidine groups is 1. The van der Waals surface area contributed by atoms with E-state index in [9.17, 15) is 0 Å². The summed E-state index contributed by atoms with van der Waals surface area (Å²) >= 11 is 0. The molecule has 0 aliphatic carbocycles. The lowest BCUT2D eigenvalue weighted by Gasteiger charge is -2.38. The Kier molecular flexibility index (Phi) is 4.62. The SMILES string of the molecule is CC1(C(=N)N)CCN(CCCC2CCCO2)CC1. The fourth-order valence-corrected chi connectivity index (χ4v) is 2.95. The molecule has 2 saturated heterocycles. The lowest BCUT2D eigenvalue weighted by atomic mass is 9.79. The molecule has 104 valence electrons. The molecular formula is C14H27N3O. The Hall–Kier alpha value is -0.610. The largest absolute Gasteiger partial charge is 0.387 e. The summed E-state index contributed by atoms with van der Waals surface area (Å²) in [5.74, 6) is 0.363. The Morgan fingerprint density at radius 3 is 2.72 bits per heavy atom. The standard InChI is InChI=1S/C14H27N3O/c1-14(13(15)16)6-9-17(10-7-14)8-2-4-12-5-3-11-18-12/h12H,2-11H2,1H3,(H3,15,16). The van der Waals surface area contributed by atoms with Crippen LogP contribution in [0.25, 0.3) is 0 Å². The van der Waals surface area contributed by atoms with Crippen LogP contribution >= 0.6 is 0 Å².